The minimum absolute atomic E-state index is 0.00110. The van der Waals surface area contributed by atoms with E-state index in [9.17, 15) is 9.59 Å². The summed E-state index contributed by atoms with van der Waals surface area (Å²) >= 11 is 0. The van der Waals surface area contributed by atoms with Crippen molar-refractivity contribution in [2.75, 3.05) is 26.2 Å². The lowest BCUT2D eigenvalue weighted by Crippen LogP contribution is -2.47. The number of aromatic amines is 1. The van der Waals surface area contributed by atoms with Crippen molar-refractivity contribution < 1.29 is 4.79 Å². The molecule has 0 saturated carbocycles. The summed E-state index contributed by atoms with van der Waals surface area (Å²) in [6.45, 7) is 7.55. The van der Waals surface area contributed by atoms with Gasteiger partial charge in [0.05, 0.1) is 11.2 Å². The van der Waals surface area contributed by atoms with Gasteiger partial charge in [0.2, 0.25) is 5.91 Å². The molecule has 1 amide bonds. The van der Waals surface area contributed by atoms with Gasteiger partial charge in [0, 0.05) is 55.4 Å². The van der Waals surface area contributed by atoms with Gasteiger partial charge in [-0.25, -0.2) is 19.3 Å². The second kappa shape index (κ2) is 9.48. The summed E-state index contributed by atoms with van der Waals surface area (Å²) in [4.78, 5) is 33.2. The molecule has 0 unspecified atom stereocenters. The van der Waals surface area contributed by atoms with Crippen LogP contribution < -0.4 is 5.69 Å². The number of fused-ring (bicyclic) bond motifs is 3. The highest BCUT2D eigenvalue weighted by Gasteiger charge is 2.20. The number of carbonyl (C=O) groups excluding carboxylic acids is 1. The number of nitrogens with zero attached hydrogens (tertiary/aromatic N) is 5. The fourth-order valence-corrected chi connectivity index (χ4v) is 4.95. The van der Waals surface area contributed by atoms with Crippen molar-refractivity contribution in [2.24, 2.45) is 0 Å². The summed E-state index contributed by atoms with van der Waals surface area (Å²) in [6, 6.07) is 22.6. The van der Waals surface area contributed by atoms with Gasteiger partial charge in [-0.1, -0.05) is 61.2 Å². The Labute approximate surface area is 213 Å². The lowest BCUT2D eigenvalue weighted by Gasteiger charge is -2.34. The summed E-state index contributed by atoms with van der Waals surface area (Å²) in [7, 11) is 0. The van der Waals surface area contributed by atoms with Gasteiger partial charge in [0.25, 0.3) is 0 Å². The number of carbonyl (C=O) groups is 1. The molecule has 1 aliphatic heterocycles. The van der Waals surface area contributed by atoms with E-state index in [2.05, 4.69) is 64.1 Å². The van der Waals surface area contributed by atoms with Crippen LogP contribution in [0.5, 0.6) is 0 Å². The van der Waals surface area contributed by atoms with Gasteiger partial charge in [0.1, 0.15) is 0 Å². The van der Waals surface area contributed by atoms with Crippen LogP contribution in [-0.2, 0) is 11.3 Å². The van der Waals surface area contributed by atoms with E-state index in [4.69, 9.17) is 4.98 Å². The molecule has 5 aromatic rings. The first-order valence-electron chi connectivity index (χ1n) is 12.3. The lowest BCUT2D eigenvalue weighted by molar-refractivity contribution is -0.127. The Kier molecular flexibility index (Phi) is 5.86. The molecule has 1 fully saturated rings. The maximum atomic E-state index is 12.1. The van der Waals surface area contributed by atoms with Crippen LogP contribution in [0.25, 0.3) is 38.9 Å². The fourth-order valence-electron chi connectivity index (χ4n) is 4.95. The molecule has 6 rings (SSSR count). The molecule has 1 saturated heterocycles. The van der Waals surface area contributed by atoms with Crippen LogP contribution in [-0.4, -0.2) is 61.5 Å². The van der Waals surface area contributed by atoms with Gasteiger partial charge in [-0.2, -0.15) is 5.10 Å². The summed E-state index contributed by atoms with van der Waals surface area (Å²) < 4.78 is 1.50. The van der Waals surface area contributed by atoms with Gasteiger partial charge in [0.15, 0.2) is 5.65 Å². The highest BCUT2D eigenvalue weighted by Crippen LogP contribution is 2.34. The highest BCUT2D eigenvalue weighted by molar-refractivity contribution is 5.98. The molecular weight excluding hydrogens is 464 g/mol. The van der Waals surface area contributed by atoms with Crippen molar-refractivity contribution in [3.8, 4) is 22.4 Å². The first-order chi connectivity index (χ1) is 18.1. The number of hydrogen-bond donors (Lipinski definition) is 1. The molecule has 0 aliphatic carbocycles. The summed E-state index contributed by atoms with van der Waals surface area (Å²) in [5, 5.41) is 7.56. The monoisotopic (exact) mass is 490 g/mol. The Balaban J connectivity index is 1.33. The average molecular weight is 491 g/mol. The number of rotatable bonds is 5. The predicted molar refractivity (Wildman–Crippen MR) is 144 cm³/mol. The Hall–Kier alpha value is -4.56. The third-order valence-electron chi connectivity index (χ3n) is 6.96. The van der Waals surface area contributed by atoms with Crippen LogP contribution in [0.2, 0.25) is 0 Å². The molecule has 0 atom stereocenters. The number of pyridine rings is 2. The summed E-state index contributed by atoms with van der Waals surface area (Å²) in [5.74, 6) is 0.00110. The first-order valence-corrected chi connectivity index (χ1v) is 12.3. The van der Waals surface area contributed by atoms with Crippen molar-refractivity contribution in [2.45, 2.75) is 6.54 Å². The molecule has 0 spiro atoms. The Morgan fingerprint density at radius 1 is 0.973 bits per heavy atom. The van der Waals surface area contributed by atoms with Crippen molar-refractivity contribution in [1.82, 2.24) is 29.4 Å². The van der Waals surface area contributed by atoms with Gasteiger partial charge < -0.3 is 4.90 Å². The number of H-pyrrole nitrogens is 1. The number of aromatic nitrogens is 4. The number of piperazine rings is 1. The molecule has 3 aromatic heterocycles. The van der Waals surface area contributed by atoms with E-state index in [0.29, 0.717) is 5.65 Å². The molecule has 184 valence electrons. The van der Waals surface area contributed by atoms with Crippen molar-refractivity contribution in [3.05, 3.63) is 102 Å². The lowest BCUT2D eigenvalue weighted by atomic mass is 9.97. The SMILES string of the molecule is C=CC(=O)N1CCN(Cc2ccc(-c3nc4ccn5c(=O)[nH]nc5c4cc3-c3ccccc3)cc2)CC1. The second-order valence-corrected chi connectivity index (χ2v) is 9.22. The van der Waals surface area contributed by atoms with Crippen LogP contribution in [0.15, 0.2) is 90.4 Å². The third kappa shape index (κ3) is 4.32. The minimum atomic E-state index is -0.272. The molecule has 0 radical (unpaired) electrons. The minimum Gasteiger partial charge on any atom is -0.337 e. The smallest absolute Gasteiger partial charge is 0.337 e. The van der Waals surface area contributed by atoms with E-state index >= 15 is 0 Å². The zero-order chi connectivity index (χ0) is 25.4. The summed E-state index contributed by atoms with van der Waals surface area (Å²) in [6.07, 6.45) is 3.09. The second-order valence-electron chi connectivity index (χ2n) is 9.22. The van der Waals surface area contributed by atoms with E-state index < -0.39 is 0 Å². The Bertz CT molecular complexity index is 1660. The maximum absolute atomic E-state index is 12.1. The normalized spacial score (nSPS) is 14.3. The molecule has 37 heavy (non-hydrogen) atoms. The van der Waals surface area contributed by atoms with Crippen molar-refractivity contribution >= 4 is 22.5 Å². The standard InChI is InChI=1S/C29H26N6O2/c1-2-26(36)34-16-14-33(15-17-34)19-20-8-10-22(11-9-20)27-23(21-6-4-3-5-7-21)18-24-25(30-27)12-13-35-28(24)31-32-29(35)37/h2-13,18H,1,14-17,19H2,(H,32,37). The van der Waals surface area contributed by atoms with Crippen molar-refractivity contribution in [3.63, 3.8) is 0 Å². The molecular formula is C29H26N6O2. The third-order valence-corrected chi connectivity index (χ3v) is 6.96. The van der Waals surface area contributed by atoms with Crippen LogP contribution >= 0.6 is 0 Å². The number of amides is 1. The molecule has 2 aromatic carbocycles. The molecule has 4 heterocycles. The number of nitrogens with one attached hydrogen (secondary N) is 1. The number of benzene rings is 2. The van der Waals surface area contributed by atoms with Gasteiger partial charge >= 0.3 is 5.69 Å². The first kappa shape index (κ1) is 22.9. The number of hydrogen-bond acceptors (Lipinski definition) is 5. The average Bonchev–Trinajstić information content (AvgIpc) is 3.34. The zero-order valence-corrected chi connectivity index (χ0v) is 20.3. The molecule has 0 bridgehead atoms. The van der Waals surface area contributed by atoms with Gasteiger partial charge in [-0.05, 0) is 29.3 Å². The van der Waals surface area contributed by atoms with E-state index in [0.717, 1.165) is 66.0 Å². The van der Waals surface area contributed by atoms with Gasteiger partial charge in [-0.3, -0.25) is 9.69 Å². The summed E-state index contributed by atoms with van der Waals surface area (Å²) in [5.41, 5.74) is 6.20. The van der Waals surface area contributed by atoms with Crippen molar-refractivity contribution in [1.29, 1.82) is 0 Å². The Morgan fingerprint density at radius 3 is 2.46 bits per heavy atom. The molecule has 8 heteroatoms. The maximum Gasteiger partial charge on any atom is 0.347 e. The zero-order valence-electron chi connectivity index (χ0n) is 20.3. The van der Waals surface area contributed by atoms with E-state index in [1.165, 1.54) is 16.0 Å². The predicted octanol–water partition coefficient (Wildman–Crippen LogP) is 3.74. The quantitative estimate of drug-likeness (QED) is 0.380. The largest absolute Gasteiger partial charge is 0.347 e. The van der Waals surface area contributed by atoms with Gasteiger partial charge in [-0.15, -0.1) is 0 Å². The molecule has 1 N–H and O–H groups in total. The molecule has 1 aliphatic rings. The van der Waals surface area contributed by atoms with E-state index in [1.807, 2.05) is 29.2 Å². The van der Waals surface area contributed by atoms with Crippen LogP contribution in [0.4, 0.5) is 0 Å². The fraction of sp³-hybridized carbons (Fsp3) is 0.172. The van der Waals surface area contributed by atoms with E-state index in [-0.39, 0.29) is 11.6 Å². The highest BCUT2D eigenvalue weighted by atomic mass is 16.2. The van der Waals surface area contributed by atoms with Crippen LogP contribution in [0.3, 0.4) is 0 Å². The topological polar surface area (TPSA) is 86.6 Å². The van der Waals surface area contributed by atoms with Crippen LogP contribution in [0, 0.1) is 0 Å². The van der Waals surface area contributed by atoms with Crippen LogP contribution in [0.1, 0.15) is 5.56 Å². The Morgan fingerprint density at radius 2 is 1.73 bits per heavy atom. The van der Waals surface area contributed by atoms with E-state index in [1.54, 1.807) is 6.20 Å². The molecule has 8 nitrogen and oxygen atoms in total.